The Kier molecular flexibility index (Phi) is 5.59. The van der Waals surface area contributed by atoms with Crippen molar-refractivity contribution in [3.05, 3.63) is 30.1 Å². The third-order valence-electron chi connectivity index (χ3n) is 2.19. The van der Waals surface area contributed by atoms with Crippen molar-refractivity contribution in [2.75, 3.05) is 13.1 Å². The van der Waals surface area contributed by atoms with Gasteiger partial charge in [0.05, 0.1) is 6.54 Å². The first-order valence-electron chi connectivity index (χ1n) is 5.41. The van der Waals surface area contributed by atoms with E-state index in [0.29, 0.717) is 13.0 Å². The average molecular weight is 253 g/mol. The van der Waals surface area contributed by atoms with Gasteiger partial charge in [0.1, 0.15) is 0 Å². The Labute approximate surface area is 104 Å². The Morgan fingerprint density at radius 2 is 1.94 bits per heavy atom. The molecule has 0 aliphatic heterocycles. The van der Waals surface area contributed by atoms with Crippen LogP contribution in [0.15, 0.2) is 24.5 Å². The van der Waals surface area contributed by atoms with E-state index in [-0.39, 0.29) is 6.54 Å². The lowest BCUT2D eigenvalue weighted by Crippen LogP contribution is -2.42. The maximum absolute atomic E-state index is 11.2. The fourth-order valence-corrected chi connectivity index (χ4v) is 1.21. The summed E-state index contributed by atoms with van der Waals surface area (Å²) in [7, 11) is 0. The van der Waals surface area contributed by atoms with Crippen LogP contribution >= 0.6 is 0 Å². The second kappa shape index (κ2) is 7.23. The second-order valence-electron chi connectivity index (χ2n) is 3.60. The van der Waals surface area contributed by atoms with E-state index in [1.807, 2.05) is 12.1 Å². The van der Waals surface area contributed by atoms with E-state index in [2.05, 4.69) is 15.6 Å². The Hall–Kier alpha value is -2.15. The number of carboxylic acid groups (broad SMARTS) is 1. The van der Waals surface area contributed by atoms with Gasteiger partial charge in [-0.15, -0.1) is 0 Å². The number of carbonyl (C=O) groups excluding carboxylic acids is 1. The molecule has 1 rings (SSSR count). The lowest BCUT2D eigenvalue weighted by Gasteiger charge is -2.09. The Balaban J connectivity index is 2.16. The zero-order valence-electron chi connectivity index (χ0n) is 9.67. The standard InChI is InChI=1S/C11H15N3O4/c15-9(10(16)17)7-14-11(18)13-6-3-8-1-4-12-5-2-8/h1-2,4-5,9,15H,3,6-7H2,(H,16,17)(H2,13,14,18)/t9-/m0/s1. The predicted octanol–water partition coefficient (Wildman–Crippen LogP) is -0.631. The van der Waals surface area contributed by atoms with E-state index < -0.39 is 18.1 Å². The third-order valence-corrected chi connectivity index (χ3v) is 2.19. The molecule has 4 N–H and O–H groups in total. The molecule has 1 atom stereocenters. The summed E-state index contributed by atoms with van der Waals surface area (Å²) in [6, 6.07) is 3.17. The van der Waals surface area contributed by atoms with Crippen molar-refractivity contribution in [3.63, 3.8) is 0 Å². The highest BCUT2D eigenvalue weighted by Gasteiger charge is 2.13. The van der Waals surface area contributed by atoms with Gasteiger partial charge in [-0.3, -0.25) is 4.98 Å². The van der Waals surface area contributed by atoms with Crippen LogP contribution in [0, 0.1) is 0 Å². The summed E-state index contributed by atoms with van der Waals surface area (Å²) in [6.07, 6.45) is 2.39. The number of carboxylic acids is 1. The number of aliphatic carboxylic acids is 1. The molecular formula is C11H15N3O4. The highest BCUT2D eigenvalue weighted by Crippen LogP contribution is 1.95. The number of urea groups is 1. The van der Waals surface area contributed by atoms with Crippen molar-refractivity contribution >= 4 is 12.0 Å². The number of amides is 2. The highest BCUT2D eigenvalue weighted by molar-refractivity contribution is 5.76. The summed E-state index contributed by atoms with van der Waals surface area (Å²) < 4.78 is 0. The van der Waals surface area contributed by atoms with Gasteiger partial charge in [0, 0.05) is 18.9 Å². The first kappa shape index (κ1) is 13.9. The molecule has 1 aromatic rings. The van der Waals surface area contributed by atoms with Gasteiger partial charge in [-0.2, -0.15) is 0 Å². The first-order chi connectivity index (χ1) is 8.59. The minimum atomic E-state index is -1.59. The number of aliphatic hydroxyl groups excluding tert-OH is 1. The number of carbonyl (C=O) groups is 2. The minimum absolute atomic E-state index is 0.323. The molecule has 0 aliphatic rings. The van der Waals surface area contributed by atoms with Crippen molar-refractivity contribution in [3.8, 4) is 0 Å². The van der Waals surface area contributed by atoms with E-state index in [4.69, 9.17) is 10.2 Å². The first-order valence-corrected chi connectivity index (χ1v) is 5.41. The van der Waals surface area contributed by atoms with Crippen molar-refractivity contribution in [2.45, 2.75) is 12.5 Å². The monoisotopic (exact) mass is 253 g/mol. The summed E-state index contributed by atoms with van der Waals surface area (Å²) >= 11 is 0. The summed E-state index contributed by atoms with van der Waals surface area (Å²) in [4.78, 5) is 25.4. The molecule has 7 nitrogen and oxygen atoms in total. The molecule has 0 bridgehead atoms. The number of nitrogens with one attached hydrogen (secondary N) is 2. The maximum atomic E-state index is 11.2. The van der Waals surface area contributed by atoms with Gasteiger partial charge in [-0.1, -0.05) is 0 Å². The Morgan fingerprint density at radius 3 is 2.56 bits per heavy atom. The normalized spacial score (nSPS) is 11.6. The van der Waals surface area contributed by atoms with Crippen LogP contribution in [-0.4, -0.2) is 46.4 Å². The summed E-state index contributed by atoms with van der Waals surface area (Å²) in [5.41, 5.74) is 1.04. The lowest BCUT2D eigenvalue weighted by molar-refractivity contribution is -0.146. The van der Waals surface area contributed by atoms with Crippen molar-refractivity contribution in [1.29, 1.82) is 0 Å². The smallest absolute Gasteiger partial charge is 0.334 e. The van der Waals surface area contributed by atoms with Crippen LogP contribution in [0.1, 0.15) is 5.56 Å². The quantitative estimate of drug-likeness (QED) is 0.539. The topological polar surface area (TPSA) is 112 Å². The Bertz CT molecular complexity index is 397. The van der Waals surface area contributed by atoms with E-state index in [0.717, 1.165) is 5.56 Å². The van der Waals surface area contributed by atoms with Gasteiger partial charge < -0.3 is 20.8 Å². The zero-order valence-corrected chi connectivity index (χ0v) is 9.67. The third kappa shape index (κ3) is 5.26. The molecule has 0 radical (unpaired) electrons. The predicted molar refractivity (Wildman–Crippen MR) is 63.0 cm³/mol. The van der Waals surface area contributed by atoms with Crippen LogP contribution < -0.4 is 10.6 Å². The molecule has 0 aliphatic carbocycles. The van der Waals surface area contributed by atoms with Crippen LogP contribution in [-0.2, 0) is 11.2 Å². The largest absolute Gasteiger partial charge is 0.479 e. The lowest BCUT2D eigenvalue weighted by atomic mass is 10.2. The molecule has 0 saturated carbocycles. The van der Waals surface area contributed by atoms with E-state index in [9.17, 15) is 9.59 Å². The van der Waals surface area contributed by atoms with Crippen LogP contribution in [0.2, 0.25) is 0 Å². The van der Waals surface area contributed by atoms with Gasteiger partial charge >= 0.3 is 12.0 Å². The van der Waals surface area contributed by atoms with Gasteiger partial charge in [0.15, 0.2) is 6.10 Å². The van der Waals surface area contributed by atoms with Crippen LogP contribution in [0.4, 0.5) is 4.79 Å². The van der Waals surface area contributed by atoms with Gasteiger partial charge in [-0.25, -0.2) is 9.59 Å². The molecule has 1 aromatic heterocycles. The fourth-order valence-electron chi connectivity index (χ4n) is 1.21. The number of hydrogen-bond donors (Lipinski definition) is 4. The number of aliphatic hydroxyl groups is 1. The fraction of sp³-hybridized carbons (Fsp3) is 0.364. The molecule has 0 unspecified atom stereocenters. The molecule has 18 heavy (non-hydrogen) atoms. The number of pyridine rings is 1. The number of hydrogen-bond acceptors (Lipinski definition) is 4. The molecule has 0 spiro atoms. The summed E-state index contributed by atoms with van der Waals surface area (Å²) in [5, 5.41) is 22.1. The molecule has 0 fully saturated rings. The van der Waals surface area contributed by atoms with Crippen LogP contribution in [0.5, 0.6) is 0 Å². The number of rotatable bonds is 6. The van der Waals surface area contributed by atoms with Crippen molar-refractivity contribution in [1.82, 2.24) is 15.6 Å². The van der Waals surface area contributed by atoms with Crippen LogP contribution in [0.3, 0.4) is 0 Å². The van der Waals surface area contributed by atoms with Gasteiger partial charge in [0.25, 0.3) is 0 Å². The van der Waals surface area contributed by atoms with E-state index >= 15 is 0 Å². The molecule has 98 valence electrons. The molecule has 7 heteroatoms. The molecular weight excluding hydrogens is 238 g/mol. The van der Waals surface area contributed by atoms with E-state index in [1.165, 1.54) is 0 Å². The van der Waals surface area contributed by atoms with Gasteiger partial charge in [0.2, 0.25) is 0 Å². The molecule has 0 aromatic carbocycles. The minimum Gasteiger partial charge on any atom is -0.479 e. The number of aromatic nitrogens is 1. The summed E-state index contributed by atoms with van der Waals surface area (Å²) in [5.74, 6) is -1.37. The zero-order chi connectivity index (χ0) is 13.4. The van der Waals surface area contributed by atoms with Gasteiger partial charge in [-0.05, 0) is 24.1 Å². The van der Waals surface area contributed by atoms with E-state index in [1.54, 1.807) is 12.4 Å². The summed E-state index contributed by atoms with van der Waals surface area (Å²) in [6.45, 7) is 0.0927. The molecule has 0 saturated heterocycles. The average Bonchev–Trinajstić information content (AvgIpc) is 2.37. The maximum Gasteiger partial charge on any atom is 0.334 e. The van der Waals surface area contributed by atoms with Crippen molar-refractivity contribution < 1.29 is 19.8 Å². The van der Waals surface area contributed by atoms with Crippen LogP contribution in [0.25, 0.3) is 0 Å². The molecule has 2 amide bonds. The number of nitrogens with zero attached hydrogens (tertiary/aromatic N) is 1. The second-order valence-corrected chi connectivity index (χ2v) is 3.60. The highest BCUT2D eigenvalue weighted by atomic mass is 16.4. The molecule has 1 heterocycles. The SMILES string of the molecule is O=C(NCCc1ccncc1)NC[C@H](O)C(=O)O. The van der Waals surface area contributed by atoms with Crippen molar-refractivity contribution in [2.24, 2.45) is 0 Å². The Morgan fingerprint density at radius 1 is 1.28 bits per heavy atom.